The van der Waals surface area contributed by atoms with E-state index in [2.05, 4.69) is 6.92 Å². The Morgan fingerprint density at radius 2 is 1.20 bits per heavy atom. The number of carboxylic acids is 2. The summed E-state index contributed by atoms with van der Waals surface area (Å²) in [6.07, 6.45) is 21.4. The quantitative estimate of drug-likeness (QED) is 0.188. The molecule has 0 rings (SSSR count). The van der Waals surface area contributed by atoms with Crippen molar-refractivity contribution in [3.05, 3.63) is 23.8 Å². The smallest absolute Gasteiger partial charge is 0.332 e. The fourth-order valence-electron chi connectivity index (χ4n) is 2.79. The molecule has 0 amide bonds. The molecule has 0 radical (unpaired) electrons. The van der Waals surface area contributed by atoms with E-state index in [1.54, 1.807) is 6.08 Å². The predicted molar refractivity (Wildman–Crippen MR) is 103 cm³/mol. The number of allylic oxidation sites excluding steroid dienone is 2. The second kappa shape index (κ2) is 17.2. The first-order valence-electron chi connectivity index (χ1n) is 9.89. The number of rotatable bonds is 17. The van der Waals surface area contributed by atoms with Crippen LogP contribution in [0.15, 0.2) is 23.8 Å². The zero-order valence-electron chi connectivity index (χ0n) is 15.8. The van der Waals surface area contributed by atoms with E-state index >= 15 is 0 Å². The van der Waals surface area contributed by atoms with Crippen LogP contribution in [0.4, 0.5) is 0 Å². The van der Waals surface area contributed by atoms with Crippen LogP contribution in [0.1, 0.15) is 96.8 Å². The molecule has 0 unspecified atom stereocenters. The van der Waals surface area contributed by atoms with Crippen molar-refractivity contribution < 1.29 is 19.8 Å². The minimum Gasteiger partial charge on any atom is -0.478 e. The number of carboxylic acid groups (broad SMARTS) is 2. The zero-order valence-corrected chi connectivity index (χ0v) is 15.8. The Bertz CT molecular complexity index is 410. The lowest BCUT2D eigenvalue weighted by Crippen LogP contribution is -2.03. The van der Waals surface area contributed by atoms with Crippen LogP contribution in [0.5, 0.6) is 0 Å². The van der Waals surface area contributed by atoms with Crippen LogP contribution >= 0.6 is 0 Å². The predicted octanol–water partition coefficient (Wildman–Crippen LogP) is 6.12. The number of hydrogen-bond donors (Lipinski definition) is 2. The summed E-state index contributed by atoms with van der Waals surface area (Å²) in [5.41, 5.74) is -0.0848. The molecule has 2 N–H and O–H groups in total. The van der Waals surface area contributed by atoms with Gasteiger partial charge in [-0.2, -0.15) is 0 Å². The van der Waals surface area contributed by atoms with Crippen molar-refractivity contribution in [1.82, 2.24) is 0 Å². The molecule has 0 bridgehead atoms. The minimum absolute atomic E-state index is 0.0848. The molecule has 0 aromatic carbocycles. The lowest BCUT2D eigenvalue weighted by molar-refractivity contribution is -0.135. The van der Waals surface area contributed by atoms with Gasteiger partial charge in [-0.25, -0.2) is 9.59 Å². The van der Waals surface area contributed by atoms with E-state index in [0.29, 0.717) is 0 Å². The van der Waals surface area contributed by atoms with Crippen LogP contribution < -0.4 is 0 Å². The fourth-order valence-corrected chi connectivity index (χ4v) is 2.79. The summed E-state index contributed by atoms with van der Waals surface area (Å²) in [6.45, 7) is 2.25. The van der Waals surface area contributed by atoms with Crippen molar-refractivity contribution in [2.75, 3.05) is 0 Å². The van der Waals surface area contributed by atoms with Gasteiger partial charge in [0, 0.05) is 11.6 Å². The highest BCUT2D eigenvalue weighted by molar-refractivity contribution is 5.94. The third kappa shape index (κ3) is 17.0. The summed E-state index contributed by atoms with van der Waals surface area (Å²) in [7, 11) is 0. The minimum atomic E-state index is -1.22. The van der Waals surface area contributed by atoms with Crippen LogP contribution in [-0.4, -0.2) is 22.2 Å². The molecule has 0 aromatic rings. The molecule has 4 nitrogen and oxygen atoms in total. The third-order valence-corrected chi connectivity index (χ3v) is 4.30. The molecule has 0 aliphatic carbocycles. The molecule has 0 atom stereocenters. The summed E-state index contributed by atoms with van der Waals surface area (Å²) >= 11 is 0. The van der Waals surface area contributed by atoms with Crippen molar-refractivity contribution in [2.24, 2.45) is 0 Å². The number of unbranched alkanes of at least 4 members (excludes halogenated alkanes) is 12. The molecule has 0 heterocycles. The van der Waals surface area contributed by atoms with E-state index in [4.69, 9.17) is 10.2 Å². The van der Waals surface area contributed by atoms with Gasteiger partial charge in [0.15, 0.2) is 0 Å². The molecule has 0 aliphatic heterocycles. The summed E-state index contributed by atoms with van der Waals surface area (Å²) in [4.78, 5) is 21.4. The molecular formula is C21H36O4. The van der Waals surface area contributed by atoms with Gasteiger partial charge >= 0.3 is 11.9 Å². The Morgan fingerprint density at radius 3 is 1.64 bits per heavy atom. The molecule has 0 saturated heterocycles. The zero-order chi connectivity index (χ0) is 18.8. The lowest BCUT2D eigenvalue weighted by Gasteiger charge is -2.02. The van der Waals surface area contributed by atoms with Crippen molar-refractivity contribution in [2.45, 2.75) is 96.8 Å². The highest BCUT2D eigenvalue weighted by atomic mass is 16.4. The van der Waals surface area contributed by atoms with Gasteiger partial charge in [-0.3, -0.25) is 0 Å². The number of hydrogen-bond acceptors (Lipinski definition) is 2. The maximum Gasteiger partial charge on any atom is 0.332 e. The Labute approximate surface area is 153 Å². The SMILES string of the molecule is CCCCCCCCCCCCCCC=CCC(=CC(=O)O)C(=O)O. The van der Waals surface area contributed by atoms with Gasteiger partial charge < -0.3 is 10.2 Å². The summed E-state index contributed by atoms with van der Waals surface area (Å²) < 4.78 is 0. The summed E-state index contributed by atoms with van der Waals surface area (Å²) in [6, 6.07) is 0. The molecule has 0 aromatic heterocycles. The largest absolute Gasteiger partial charge is 0.478 e. The first kappa shape index (κ1) is 23.4. The molecule has 0 fully saturated rings. The topological polar surface area (TPSA) is 74.6 Å². The van der Waals surface area contributed by atoms with Gasteiger partial charge in [-0.15, -0.1) is 0 Å². The Morgan fingerprint density at radius 1 is 0.720 bits per heavy atom. The fraction of sp³-hybridized carbons (Fsp3) is 0.714. The van der Waals surface area contributed by atoms with E-state index in [0.717, 1.165) is 18.9 Å². The van der Waals surface area contributed by atoms with Gasteiger partial charge in [0.25, 0.3) is 0 Å². The molecule has 4 heteroatoms. The second-order valence-corrected chi connectivity index (χ2v) is 6.67. The standard InChI is InChI=1S/C21H36O4/c1-2-3-4-5-6-7-8-9-10-11-12-13-14-15-16-17-19(21(24)25)18-20(22)23/h15-16,18H,2-14,17H2,1H3,(H,22,23)(H,24,25). The van der Waals surface area contributed by atoms with Gasteiger partial charge in [-0.05, 0) is 19.3 Å². The summed E-state index contributed by atoms with van der Waals surface area (Å²) in [5, 5.41) is 17.5. The van der Waals surface area contributed by atoms with E-state index in [1.165, 1.54) is 70.6 Å². The first-order valence-corrected chi connectivity index (χ1v) is 9.89. The Hall–Kier alpha value is -1.58. The van der Waals surface area contributed by atoms with Gasteiger partial charge in [-0.1, -0.05) is 89.7 Å². The van der Waals surface area contributed by atoms with Crippen LogP contribution in [0.3, 0.4) is 0 Å². The molecule has 0 spiro atoms. The second-order valence-electron chi connectivity index (χ2n) is 6.67. The van der Waals surface area contributed by atoms with E-state index in [-0.39, 0.29) is 12.0 Å². The molecule has 25 heavy (non-hydrogen) atoms. The highest BCUT2D eigenvalue weighted by Gasteiger charge is 2.06. The van der Waals surface area contributed by atoms with Gasteiger partial charge in [0.1, 0.15) is 0 Å². The average Bonchev–Trinajstić information content (AvgIpc) is 2.56. The monoisotopic (exact) mass is 352 g/mol. The van der Waals surface area contributed by atoms with Crippen molar-refractivity contribution in [1.29, 1.82) is 0 Å². The summed E-state index contributed by atoms with van der Waals surface area (Å²) in [5.74, 6) is -2.39. The van der Waals surface area contributed by atoms with Crippen molar-refractivity contribution >= 4 is 11.9 Å². The molecule has 0 aliphatic rings. The first-order chi connectivity index (χ1) is 12.1. The van der Waals surface area contributed by atoms with E-state index in [9.17, 15) is 9.59 Å². The maximum atomic E-state index is 10.8. The third-order valence-electron chi connectivity index (χ3n) is 4.30. The Balaban J connectivity index is 3.46. The normalized spacial score (nSPS) is 12.0. The van der Waals surface area contributed by atoms with E-state index < -0.39 is 11.9 Å². The number of carbonyl (C=O) groups is 2. The van der Waals surface area contributed by atoms with Crippen molar-refractivity contribution in [3.63, 3.8) is 0 Å². The molecule has 0 saturated carbocycles. The lowest BCUT2D eigenvalue weighted by atomic mass is 10.0. The van der Waals surface area contributed by atoms with Crippen LogP contribution in [-0.2, 0) is 9.59 Å². The molecular weight excluding hydrogens is 316 g/mol. The highest BCUT2D eigenvalue weighted by Crippen LogP contribution is 2.12. The maximum absolute atomic E-state index is 10.8. The molecule has 144 valence electrons. The van der Waals surface area contributed by atoms with Crippen LogP contribution in [0.25, 0.3) is 0 Å². The van der Waals surface area contributed by atoms with Gasteiger partial charge in [0.2, 0.25) is 0 Å². The van der Waals surface area contributed by atoms with Crippen molar-refractivity contribution in [3.8, 4) is 0 Å². The van der Waals surface area contributed by atoms with Gasteiger partial charge in [0.05, 0.1) is 0 Å². The average molecular weight is 353 g/mol. The van der Waals surface area contributed by atoms with E-state index in [1.807, 2.05) is 6.08 Å². The number of aliphatic carboxylic acids is 2. The van der Waals surface area contributed by atoms with Crippen LogP contribution in [0, 0.1) is 0 Å². The Kier molecular flexibility index (Phi) is 16.2. The van der Waals surface area contributed by atoms with Crippen LogP contribution in [0.2, 0.25) is 0 Å².